The molecule has 2 aromatic carbocycles. The highest BCUT2D eigenvalue weighted by Crippen LogP contribution is 2.25. The molecule has 0 fully saturated rings. The first kappa shape index (κ1) is 17.7. The van der Waals surface area contributed by atoms with Gasteiger partial charge in [0, 0.05) is 11.6 Å². The molecular weight excluding hydrogens is 330 g/mol. The van der Waals surface area contributed by atoms with Crippen LogP contribution in [0.2, 0.25) is 0 Å². The van der Waals surface area contributed by atoms with Crippen molar-refractivity contribution in [2.24, 2.45) is 0 Å². The van der Waals surface area contributed by atoms with Gasteiger partial charge in [0.15, 0.2) is 6.10 Å². The van der Waals surface area contributed by atoms with Crippen molar-refractivity contribution < 1.29 is 19.1 Å². The second-order valence-corrected chi connectivity index (χ2v) is 6.22. The van der Waals surface area contributed by atoms with Gasteiger partial charge in [0.25, 0.3) is 5.91 Å². The zero-order valence-corrected chi connectivity index (χ0v) is 15.3. The molecule has 0 aliphatic heterocycles. The smallest absolute Gasteiger partial charge is 0.340 e. The van der Waals surface area contributed by atoms with E-state index < -0.39 is 12.1 Å². The molecule has 1 atom stereocenters. The number of rotatable bonds is 4. The van der Waals surface area contributed by atoms with E-state index in [-0.39, 0.29) is 5.91 Å². The van der Waals surface area contributed by atoms with E-state index in [9.17, 15) is 9.59 Å². The standard InChI is InChI=1S/C21H21NO4/c1-13-8-7-11-19(14(13)2)26-15(3)20(23)22-12-17(21(24)25-4)16-9-5-6-10-18(16)22/h5-12,15H,1-4H3/t15-/m0/s1. The number of carbonyl (C=O) groups is 2. The number of fused-ring (bicyclic) bond motifs is 1. The van der Waals surface area contributed by atoms with Crippen LogP contribution in [0.4, 0.5) is 0 Å². The molecule has 1 heterocycles. The van der Waals surface area contributed by atoms with Gasteiger partial charge in [-0.15, -0.1) is 0 Å². The predicted molar refractivity (Wildman–Crippen MR) is 99.9 cm³/mol. The largest absolute Gasteiger partial charge is 0.481 e. The number of hydrogen-bond donors (Lipinski definition) is 0. The Hall–Kier alpha value is -3.08. The van der Waals surface area contributed by atoms with Gasteiger partial charge in [0.2, 0.25) is 0 Å². The number of carbonyl (C=O) groups excluding carboxylic acids is 2. The summed E-state index contributed by atoms with van der Waals surface area (Å²) in [5.41, 5.74) is 3.10. The van der Waals surface area contributed by atoms with Gasteiger partial charge >= 0.3 is 5.97 Å². The van der Waals surface area contributed by atoms with Crippen LogP contribution in [0.5, 0.6) is 5.75 Å². The average Bonchev–Trinajstić information content (AvgIpc) is 3.04. The molecule has 0 aliphatic rings. The molecule has 0 saturated heterocycles. The molecule has 3 rings (SSSR count). The molecule has 0 N–H and O–H groups in total. The summed E-state index contributed by atoms with van der Waals surface area (Å²) in [6.07, 6.45) is 0.804. The fraction of sp³-hybridized carbons (Fsp3) is 0.238. The van der Waals surface area contributed by atoms with Crippen molar-refractivity contribution >= 4 is 22.8 Å². The Labute approximate surface area is 152 Å². The van der Waals surface area contributed by atoms with E-state index in [1.165, 1.54) is 17.9 Å². The Morgan fingerprint density at radius 2 is 1.77 bits per heavy atom. The van der Waals surface area contributed by atoms with Crippen molar-refractivity contribution in [1.82, 2.24) is 4.57 Å². The molecule has 5 heteroatoms. The summed E-state index contributed by atoms with van der Waals surface area (Å²) in [7, 11) is 1.32. The minimum Gasteiger partial charge on any atom is -0.481 e. The van der Waals surface area contributed by atoms with Crippen LogP contribution in [0.3, 0.4) is 0 Å². The normalized spacial score (nSPS) is 12.0. The Balaban J connectivity index is 1.97. The molecule has 26 heavy (non-hydrogen) atoms. The molecule has 0 bridgehead atoms. The van der Waals surface area contributed by atoms with Crippen molar-refractivity contribution in [3.8, 4) is 5.75 Å². The predicted octanol–water partition coefficient (Wildman–Crippen LogP) is 4.15. The lowest BCUT2D eigenvalue weighted by atomic mass is 10.1. The lowest BCUT2D eigenvalue weighted by Crippen LogP contribution is -2.29. The third kappa shape index (κ3) is 3.08. The van der Waals surface area contributed by atoms with Crippen LogP contribution >= 0.6 is 0 Å². The molecule has 1 aromatic heterocycles. The van der Waals surface area contributed by atoms with Gasteiger partial charge in [-0.1, -0.05) is 30.3 Å². The highest BCUT2D eigenvalue weighted by molar-refractivity contribution is 6.07. The summed E-state index contributed by atoms with van der Waals surface area (Å²) in [6, 6.07) is 13.0. The Morgan fingerprint density at radius 1 is 1.04 bits per heavy atom. The van der Waals surface area contributed by atoms with Crippen molar-refractivity contribution in [3.05, 3.63) is 65.4 Å². The Kier molecular flexibility index (Phi) is 4.80. The highest BCUT2D eigenvalue weighted by Gasteiger charge is 2.23. The number of methoxy groups -OCH3 is 1. The molecule has 0 saturated carbocycles. The van der Waals surface area contributed by atoms with E-state index in [4.69, 9.17) is 9.47 Å². The molecule has 3 aromatic rings. The molecule has 5 nitrogen and oxygen atoms in total. The summed E-state index contributed by atoms with van der Waals surface area (Å²) < 4.78 is 12.2. The maximum absolute atomic E-state index is 13.0. The van der Waals surface area contributed by atoms with Gasteiger partial charge in [0.1, 0.15) is 5.75 Å². The van der Waals surface area contributed by atoms with Crippen LogP contribution in [0.15, 0.2) is 48.7 Å². The number of benzene rings is 2. The van der Waals surface area contributed by atoms with Gasteiger partial charge in [-0.05, 0) is 44.0 Å². The van der Waals surface area contributed by atoms with E-state index >= 15 is 0 Å². The molecular formula is C21H21NO4. The summed E-state index contributed by atoms with van der Waals surface area (Å²) >= 11 is 0. The van der Waals surface area contributed by atoms with Crippen molar-refractivity contribution in [2.75, 3.05) is 7.11 Å². The van der Waals surface area contributed by atoms with Crippen LogP contribution < -0.4 is 4.74 Å². The number of esters is 1. The summed E-state index contributed by atoms with van der Waals surface area (Å²) in [4.78, 5) is 25.0. The number of aromatic nitrogens is 1. The van der Waals surface area contributed by atoms with Crippen LogP contribution in [0, 0.1) is 13.8 Å². The van der Waals surface area contributed by atoms with Crippen LogP contribution in [0.1, 0.15) is 33.2 Å². The summed E-state index contributed by atoms with van der Waals surface area (Å²) in [6.45, 7) is 5.66. The van der Waals surface area contributed by atoms with Gasteiger partial charge in [-0.3, -0.25) is 9.36 Å². The zero-order chi connectivity index (χ0) is 18.8. The van der Waals surface area contributed by atoms with E-state index in [2.05, 4.69) is 0 Å². The lowest BCUT2D eigenvalue weighted by molar-refractivity contribution is 0.0602. The summed E-state index contributed by atoms with van der Waals surface area (Å²) in [5, 5.41) is 0.673. The third-order valence-electron chi connectivity index (χ3n) is 4.56. The fourth-order valence-corrected chi connectivity index (χ4v) is 2.92. The van der Waals surface area contributed by atoms with Crippen LogP contribution in [-0.4, -0.2) is 29.7 Å². The number of para-hydroxylation sites is 1. The zero-order valence-electron chi connectivity index (χ0n) is 15.3. The molecule has 0 spiro atoms. The van der Waals surface area contributed by atoms with E-state index in [1.54, 1.807) is 19.1 Å². The average molecular weight is 351 g/mol. The highest BCUT2D eigenvalue weighted by atomic mass is 16.5. The van der Waals surface area contributed by atoms with Gasteiger partial charge < -0.3 is 9.47 Å². The molecule has 0 unspecified atom stereocenters. The minimum absolute atomic E-state index is 0.253. The first-order chi connectivity index (χ1) is 12.4. The van der Waals surface area contributed by atoms with Crippen LogP contribution in [-0.2, 0) is 4.74 Å². The third-order valence-corrected chi connectivity index (χ3v) is 4.56. The monoisotopic (exact) mass is 351 g/mol. The molecule has 0 amide bonds. The number of aryl methyl sites for hydroxylation is 1. The van der Waals surface area contributed by atoms with Crippen LogP contribution in [0.25, 0.3) is 10.9 Å². The first-order valence-corrected chi connectivity index (χ1v) is 8.39. The van der Waals surface area contributed by atoms with E-state index in [0.29, 0.717) is 22.2 Å². The fourth-order valence-electron chi connectivity index (χ4n) is 2.92. The SMILES string of the molecule is COC(=O)c1cn(C(=O)[C@H](C)Oc2cccc(C)c2C)c2ccccc12. The number of nitrogens with zero attached hydrogens (tertiary/aromatic N) is 1. The molecule has 0 aliphatic carbocycles. The maximum atomic E-state index is 13.0. The topological polar surface area (TPSA) is 57.5 Å². The Morgan fingerprint density at radius 3 is 2.50 bits per heavy atom. The van der Waals surface area contributed by atoms with E-state index in [1.807, 2.05) is 44.2 Å². The minimum atomic E-state index is -0.711. The summed E-state index contributed by atoms with van der Waals surface area (Å²) in [5.74, 6) is -0.0522. The van der Waals surface area contributed by atoms with Crippen molar-refractivity contribution in [3.63, 3.8) is 0 Å². The number of hydrogen-bond acceptors (Lipinski definition) is 4. The van der Waals surface area contributed by atoms with Gasteiger partial charge in [-0.2, -0.15) is 0 Å². The first-order valence-electron chi connectivity index (χ1n) is 8.39. The van der Waals surface area contributed by atoms with E-state index in [0.717, 1.165) is 11.1 Å². The molecule has 134 valence electrons. The van der Waals surface area contributed by atoms with Crippen molar-refractivity contribution in [1.29, 1.82) is 0 Å². The quantitative estimate of drug-likeness (QED) is 0.663. The molecule has 0 radical (unpaired) electrons. The lowest BCUT2D eigenvalue weighted by Gasteiger charge is -2.17. The van der Waals surface area contributed by atoms with Gasteiger partial charge in [0.05, 0.1) is 18.2 Å². The number of ether oxygens (including phenoxy) is 2. The van der Waals surface area contributed by atoms with Gasteiger partial charge in [-0.25, -0.2) is 4.79 Å². The maximum Gasteiger partial charge on any atom is 0.340 e. The Bertz CT molecular complexity index is 987. The second-order valence-electron chi connectivity index (χ2n) is 6.22. The van der Waals surface area contributed by atoms with Crippen molar-refractivity contribution in [2.45, 2.75) is 26.9 Å². The second kappa shape index (κ2) is 7.04.